The van der Waals surface area contributed by atoms with Gasteiger partial charge in [0.1, 0.15) is 17.0 Å². The van der Waals surface area contributed by atoms with E-state index in [9.17, 15) is 14.4 Å². The molecule has 5 rings (SSSR count). The second-order valence-corrected chi connectivity index (χ2v) is 7.61. The molecule has 0 fully saturated rings. The number of hydrogen-bond acceptors (Lipinski definition) is 8. The smallest absolute Gasteiger partial charge is 0.336 e. The van der Waals surface area contributed by atoms with Crippen molar-refractivity contribution in [1.82, 2.24) is 33.7 Å². The van der Waals surface area contributed by atoms with E-state index in [-0.39, 0.29) is 13.1 Å². The van der Waals surface area contributed by atoms with Gasteiger partial charge in [-0.3, -0.25) is 13.9 Å². The summed E-state index contributed by atoms with van der Waals surface area (Å²) >= 11 is 0. The summed E-state index contributed by atoms with van der Waals surface area (Å²) in [6, 6.07) is 6.61. The molecule has 4 heterocycles. The van der Waals surface area contributed by atoms with Gasteiger partial charge in [-0.25, -0.2) is 19.3 Å². The van der Waals surface area contributed by atoms with Crippen LogP contribution in [-0.4, -0.2) is 40.8 Å². The molecule has 0 radical (unpaired) electrons. The molecule has 0 N–H and O–H groups in total. The summed E-state index contributed by atoms with van der Waals surface area (Å²) in [6.07, 6.45) is 3.21. The van der Waals surface area contributed by atoms with Crippen LogP contribution in [0.2, 0.25) is 0 Å². The molecule has 0 saturated carbocycles. The average molecular weight is 449 g/mol. The monoisotopic (exact) mass is 449 g/mol. The number of nitrogens with zero attached hydrogens (tertiary/aromatic N) is 7. The van der Waals surface area contributed by atoms with E-state index in [4.69, 9.17) is 9.15 Å². The largest absolute Gasteiger partial charge is 0.497 e. The summed E-state index contributed by atoms with van der Waals surface area (Å²) in [4.78, 5) is 41.0. The van der Waals surface area contributed by atoms with Crippen molar-refractivity contribution in [3.8, 4) is 5.75 Å². The topological polar surface area (TPSA) is 132 Å². The molecule has 0 amide bonds. The summed E-state index contributed by atoms with van der Waals surface area (Å²) in [5.74, 6) is 0.639. The number of aryl methyl sites for hydroxylation is 1. The molecule has 33 heavy (non-hydrogen) atoms. The van der Waals surface area contributed by atoms with Crippen molar-refractivity contribution < 1.29 is 9.15 Å². The van der Waals surface area contributed by atoms with Gasteiger partial charge in [-0.2, -0.15) is 0 Å². The minimum atomic E-state index is -0.464. The fourth-order valence-electron chi connectivity index (χ4n) is 3.82. The number of fused-ring (bicyclic) bond motifs is 2. The molecule has 0 spiro atoms. The van der Waals surface area contributed by atoms with Crippen LogP contribution in [0.4, 0.5) is 0 Å². The number of imidazole rings is 1. The molecular weight excluding hydrogens is 430 g/mol. The van der Waals surface area contributed by atoms with Crippen LogP contribution in [0.1, 0.15) is 11.3 Å². The van der Waals surface area contributed by atoms with Gasteiger partial charge in [0.05, 0.1) is 32.7 Å². The van der Waals surface area contributed by atoms with Crippen LogP contribution in [0.3, 0.4) is 0 Å². The Hall–Kier alpha value is -4.48. The third-order valence-corrected chi connectivity index (χ3v) is 5.50. The zero-order chi connectivity index (χ0) is 23.3. The molecule has 0 atom stereocenters. The highest BCUT2D eigenvalue weighted by Crippen LogP contribution is 2.23. The van der Waals surface area contributed by atoms with Crippen LogP contribution in [-0.2, 0) is 27.2 Å². The van der Waals surface area contributed by atoms with E-state index in [2.05, 4.69) is 15.3 Å². The Morgan fingerprint density at radius 2 is 1.88 bits per heavy atom. The third-order valence-electron chi connectivity index (χ3n) is 5.50. The van der Waals surface area contributed by atoms with Gasteiger partial charge in [-0.05, 0) is 23.8 Å². The molecule has 0 aliphatic carbocycles. The van der Waals surface area contributed by atoms with Crippen LogP contribution in [0, 0.1) is 0 Å². The molecule has 12 heteroatoms. The second-order valence-electron chi connectivity index (χ2n) is 7.61. The Morgan fingerprint density at radius 1 is 1.06 bits per heavy atom. The first-order chi connectivity index (χ1) is 15.9. The van der Waals surface area contributed by atoms with Crippen molar-refractivity contribution in [3.05, 3.63) is 79.3 Å². The lowest BCUT2D eigenvalue weighted by Crippen LogP contribution is -2.37. The molecule has 12 nitrogen and oxygen atoms in total. The normalized spacial score (nSPS) is 11.5. The van der Waals surface area contributed by atoms with Crippen molar-refractivity contribution in [2.24, 2.45) is 14.1 Å². The number of ether oxygens (including phenoxy) is 1. The van der Waals surface area contributed by atoms with Gasteiger partial charge in [0.2, 0.25) is 0 Å². The Kier molecular flexibility index (Phi) is 4.69. The average Bonchev–Trinajstić information content (AvgIpc) is 3.43. The maximum Gasteiger partial charge on any atom is 0.336 e. The first-order valence-corrected chi connectivity index (χ1v) is 9.96. The van der Waals surface area contributed by atoms with E-state index in [1.54, 1.807) is 47.8 Å². The van der Waals surface area contributed by atoms with E-state index >= 15 is 0 Å². The van der Waals surface area contributed by atoms with Gasteiger partial charge < -0.3 is 13.7 Å². The number of methoxy groups -OCH3 is 1. The van der Waals surface area contributed by atoms with Crippen molar-refractivity contribution in [2.75, 3.05) is 7.11 Å². The van der Waals surface area contributed by atoms with Gasteiger partial charge in [0.25, 0.3) is 5.56 Å². The fraction of sp³-hybridized carbons (Fsp3) is 0.238. The third kappa shape index (κ3) is 3.41. The Morgan fingerprint density at radius 3 is 2.67 bits per heavy atom. The zero-order valence-corrected chi connectivity index (χ0v) is 18.1. The minimum Gasteiger partial charge on any atom is -0.497 e. The molecular formula is C21H19N7O5. The van der Waals surface area contributed by atoms with E-state index in [0.717, 1.165) is 9.95 Å². The maximum atomic E-state index is 12.6. The number of rotatable bonds is 5. The number of aromatic nitrogens is 7. The van der Waals surface area contributed by atoms with E-state index in [0.29, 0.717) is 33.8 Å². The summed E-state index contributed by atoms with van der Waals surface area (Å²) in [6.45, 7) is 0.513. The molecule has 5 aromatic rings. The van der Waals surface area contributed by atoms with Gasteiger partial charge in [-0.15, -0.1) is 5.10 Å². The van der Waals surface area contributed by atoms with Crippen LogP contribution in [0.25, 0.3) is 22.1 Å². The molecule has 1 aromatic carbocycles. The van der Waals surface area contributed by atoms with Crippen LogP contribution < -0.4 is 21.6 Å². The fourth-order valence-corrected chi connectivity index (χ4v) is 3.82. The van der Waals surface area contributed by atoms with Gasteiger partial charge in [0, 0.05) is 25.5 Å². The maximum absolute atomic E-state index is 12.6. The summed E-state index contributed by atoms with van der Waals surface area (Å²) < 4.78 is 16.1. The highest BCUT2D eigenvalue weighted by atomic mass is 16.5. The van der Waals surface area contributed by atoms with Gasteiger partial charge in [0.15, 0.2) is 11.2 Å². The lowest BCUT2D eigenvalue weighted by atomic mass is 10.1. The minimum absolute atomic E-state index is 0.232. The van der Waals surface area contributed by atoms with E-state index in [1.807, 2.05) is 0 Å². The highest BCUT2D eigenvalue weighted by molar-refractivity contribution is 5.81. The Labute approximate surface area is 184 Å². The molecule has 0 saturated heterocycles. The molecule has 0 unspecified atom stereocenters. The first-order valence-electron chi connectivity index (χ1n) is 9.96. The SMILES string of the molecule is COc1ccc2oc(=O)cc(Cn3cc(Cn4cnc5c4c(=O)n(C)c(=O)n5C)nn3)c2c1. The zero-order valence-electron chi connectivity index (χ0n) is 18.1. The van der Waals surface area contributed by atoms with Crippen molar-refractivity contribution in [2.45, 2.75) is 13.1 Å². The van der Waals surface area contributed by atoms with E-state index < -0.39 is 16.9 Å². The number of hydrogen-bond donors (Lipinski definition) is 0. The molecule has 0 aliphatic rings. The van der Waals surface area contributed by atoms with Gasteiger partial charge in [-0.1, -0.05) is 5.21 Å². The van der Waals surface area contributed by atoms with Gasteiger partial charge >= 0.3 is 11.3 Å². The molecule has 168 valence electrons. The predicted molar refractivity (Wildman–Crippen MR) is 117 cm³/mol. The standard InChI is InChI=1S/C21H19N7O5/c1-25-19-18(20(30)26(2)21(25)31)27(11-22-19)9-13-10-28(24-23-13)8-12-6-17(29)33-16-5-4-14(32-3)7-15(12)16/h4-7,10-11H,8-9H2,1-3H3. The molecule has 0 bridgehead atoms. The lowest BCUT2D eigenvalue weighted by molar-refractivity contribution is 0.415. The van der Waals surface area contributed by atoms with Crippen LogP contribution >= 0.6 is 0 Å². The summed E-state index contributed by atoms with van der Waals surface area (Å²) in [5.41, 5.74) is 0.983. The summed E-state index contributed by atoms with van der Waals surface area (Å²) in [5, 5.41) is 9.07. The first kappa shape index (κ1) is 20.4. The summed E-state index contributed by atoms with van der Waals surface area (Å²) in [7, 11) is 4.55. The lowest BCUT2D eigenvalue weighted by Gasteiger charge is -2.07. The molecule has 0 aliphatic heterocycles. The van der Waals surface area contributed by atoms with E-state index in [1.165, 1.54) is 24.0 Å². The van der Waals surface area contributed by atoms with Crippen LogP contribution in [0.15, 0.2) is 55.6 Å². The highest BCUT2D eigenvalue weighted by Gasteiger charge is 2.16. The molecule has 4 aromatic heterocycles. The Balaban J connectivity index is 1.49. The Bertz CT molecular complexity index is 1700. The van der Waals surface area contributed by atoms with Crippen molar-refractivity contribution >= 4 is 22.1 Å². The second kappa shape index (κ2) is 7.58. The van der Waals surface area contributed by atoms with Crippen molar-refractivity contribution in [1.29, 1.82) is 0 Å². The predicted octanol–water partition coefficient (Wildman–Crippen LogP) is 0.237. The quantitative estimate of drug-likeness (QED) is 0.349. The van der Waals surface area contributed by atoms with Crippen molar-refractivity contribution in [3.63, 3.8) is 0 Å². The number of benzene rings is 1. The van der Waals surface area contributed by atoms with Crippen LogP contribution in [0.5, 0.6) is 5.75 Å².